The zero-order chi connectivity index (χ0) is 35.5. The molecule has 2 aliphatic rings. The number of amides is 1. The van der Waals surface area contributed by atoms with Crippen LogP contribution in [0.3, 0.4) is 0 Å². The van der Waals surface area contributed by atoms with Crippen LogP contribution in [-0.2, 0) is 21.4 Å². The average molecular weight is 714 g/mol. The number of thiazole rings is 1. The van der Waals surface area contributed by atoms with Gasteiger partial charge >= 0.3 is 5.97 Å². The van der Waals surface area contributed by atoms with Crippen LogP contribution in [0, 0.1) is 6.92 Å². The van der Waals surface area contributed by atoms with E-state index < -0.39 is 17.7 Å². The lowest BCUT2D eigenvalue weighted by atomic mass is 9.90. The van der Waals surface area contributed by atoms with Crippen molar-refractivity contribution in [2.45, 2.75) is 77.5 Å². The number of rotatable bonds is 7. The Kier molecular flexibility index (Phi) is 9.26. The molecule has 2 aromatic heterocycles. The first-order valence-electron chi connectivity index (χ1n) is 17.3. The Hall–Kier alpha value is -3.83. The van der Waals surface area contributed by atoms with E-state index in [9.17, 15) is 14.7 Å². The fourth-order valence-electron chi connectivity index (χ4n) is 7.75. The minimum atomic E-state index is -1.17. The summed E-state index contributed by atoms with van der Waals surface area (Å²) in [6.45, 7) is 12.9. The molecule has 3 aromatic carbocycles. The van der Waals surface area contributed by atoms with Crippen molar-refractivity contribution in [3.05, 3.63) is 70.4 Å². The summed E-state index contributed by atoms with van der Waals surface area (Å²) in [5.74, 6) is -0.519. The van der Waals surface area contributed by atoms with Crippen LogP contribution in [-0.4, -0.2) is 79.4 Å². The number of benzene rings is 3. The highest BCUT2D eigenvalue weighted by Crippen LogP contribution is 2.45. The average Bonchev–Trinajstić information content (AvgIpc) is 3.81. The van der Waals surface area contributed by atoms with Gasteiger partial charge in [-0.15, -0.1) is 11.3 Å². The molecule has 2 atom stereocenters. The second-order valence-electron chi connectivity index (χ2n) is 14.8. The van der Waals surface area contributed by atoms with E-state index in [1.54, 1.807) is 18.3 Å². The lowest BCUT2D eigenvalue weighted by molar-refractivity contribution is -0.160. The number of halogens is 1. The number of carbonyl (C=O) groups excluding carboxylic acids is 1. The largest absolute Gasteiger partial charge is 0.479 e. The Labute approximate surface area is 301 Å². The molecular formula is C39H44ClN5O4S. The molecule has 11 heteroatoms. The minimum absolute atomic E-state index is 0.169. The van der Waals surface area contributed by atoms with E-state index in [1.165, 1.54) is 0 Å². The summed E-state index contributed by atoms with van der Waals surface area (Å²) >= 11 is 7.86. The lowest BCUT2D eigenvalue weighted by Gasteiger charge is -2.35. The van der Waals surface area contributed by atoms with E-state index in [4.69, 9.17) is 26.4 Å². The maximum Gasteiger partial charge on any atom is 0.337 e. The van der Waals surface area contributed by atoms with Crippen molar-refractivity contribution in [1.82, 2.24) is 24.6 Å². The number of aliphatic carboxylic acids is 1. The Morgan fingerprint density at radius 1 is 1.02 bits per heavy atom. The van der Waals surface area contributed by atoms with Gasteiger partial charge in [-0.1, -0.05) is 23.7 Å². The molecule has 1 amide bonds. The molecule has 0 bridgehead atoms. The molecule has 0 radical (unpaired) electrons. The van der Waals surface area contributed by atoms with Crippen molar-refractivity contribution < 1.29 is 19.4 Å². The number of carbonyl (C=O) groups is 2. The summed E-state index contributed by atoms with van der Waals surface area (Å²) in [6.07, 6.45) is 1.94. The molecule has 9 nitrogen and oxygen atoms in total. The Bertz CT molecular complexity index is 2090. The van der Waals surface area contributed by atoms with Crippen LogP contribution in [0.1, 0.15) is 75.8 Å². The second kappa shape index (κ2) is 13.4. The standard InChI is InChI=1S/C39H44ClN5O4S/c1-22-19-30-36(33(24-7-10-27(40)11-8-24)32(22)35(38(47)48)49-39(3,4)5)50-37(41-30)26-9-12-31-29(20-26)34(42-43(31)6)25-13-16-44(17-14-25)28-15-18-45(21-28)23(2)46/h7-12,19-20,25,28,35H,13-18,21H2,1-6H3,(H,47,48)/t28-,35-/m0/s1. The van der Waals surface area contributed by atoms with Gasteiger partial charge in [-0.3, -0.25) is 14.4 Å². The minimum Gasteiger partial charge on any atom is -0.479 e. The van der Waals surface area contributed by atoms with Crippen LogP contribution < -0.4 is 0 Å². The molecule has 4 heterocycles. The number of aromatic nitrogens is 3. The van der Waals surface area contributed by atoms with Gasteiger partial charge < -0.3 is 14.7 Å². The predicted octanol–water partition coefficient (Wildman–Crippen LogP) is 8.22. The van der Waals surface area contributed by atoms with Gasteiger partial charge in [-0.05, 0) is 108 Å². The third kappa shape index (κ3) is 6.66. The van der Waals surface area contributed by atoms with E-state index >= 15 is 0 Å². The first-order chi connectivity index (χ1) is 23.8. The lowest BCUT2D eigenvalue weighted by Crippen LogP contribution is -2.43. The second-order valence-corrected chi connectivity index (χ2v) is 16.2. The van der Waals surface area contributed by atoms with Crippen molar-refractivity contribution in [3.63, 3.8) is 0 Å². The van der Waals surface area contributed by atoms with Gasteiger partial charge in [0.2, 0.25) is 5.91 Å². The monoisotopic (exact) mass is 713 g/mol. The predicted molar refractivity (Wildman–Crippen MR) is 200 cm³/mol. The van der Waals surface area contributed by atoms with Crippen LogP contribution in [0.15, 0.2) is 48.5 Å². The number of nitrogens with zero attached hydrogens (tertiary/aromatic N) is 5. The maximum absolute atomic E-state index is 12.8. The van der Waals surface area contributed by atoms with Gasteiger partial charge in [-0.2, -0.15) is 5.10 Å². The molecule has 50 heavy (non-hydrogen) atoms. The molecule has 262 valence electrons. The molecule has 0 saturated carbocycles. The normalized spacial score (nSPS) is 18.4. The van der Waals surface area contributed by atoms with Crippen molar-refractivity contribution in [2.75, 3.05) is 26.2 Å². The van der Waals surface area contributed by atoms with Gasteiger partial charge in [-0.25, -0.2) is 9.78 Å². The van der Waals surface area contributed by atoms with Gasteiger partial charge in [0.1, 0.15) is 5.01 Å². The van der Waals surface area contributed by atoms with Crippen LogP contribution >= 0.6 is 22.9 Å². The van der Waals surface area contributed by atoms with Gasteiger partial charge in [0, 0.05) is 66.1 Å². The highest BCUT2D eigenvalue weighted by molar-refractivity contribution is 7.22. The Morgan fingerprint density at radius 2 is 1.72 bits per heavy atom. The van der Waals surface area contributed by atoms with Crippen LogP contribution in [0.25, 0.3) is 42.8 Å². The van der Waals surface area contributed by atoms with Gasteiger partial charge in [0.25, 0.3) is 0 Å². The van der Waals surface area contributed by atoms with Crippen molar-refractivity contribution >= 4 is 55.9 Å². The van der Waals surface area contributed by atoms with Crippen molar-refractivity contribution in [2.24, 2.45) is 7.05 Å². The first-order valence-corrected chi connectivity index (χ1v) is 18.5. The van der Waals surface area contributed by atoms with E-state index in [1.807, 2.05) is 74.7 Å². The van der Waals surface area contributed by atoms with Crippen LogP contribution in [0.4, 0.5) is 0 Å². The summed E-state index contributed by atoms with van der Waals surface area (Å²) in [5.41, 5.74) is 6.45. The zero-order valence-corrected chi connectivity index (χ0v) is 31.1. The number of hydrogen-bond donors (Lipinski definition) is 1. The highest BCUT2D eigenvalue weighted by atomic mass is 35.5. The van der Waals surface area contributed by atoms with Crippen LogP contribution in [0.5, 0.6) is 0 Å². The summed E-state index contributed by atoms with van der Waals surface area (Å²) in [6, 6.07) is 16.4. The SMILES string of the molecule is CC(=O)N1CC[C@H](N2CCC(c3nn(C)c4ccc(-c5nc6cc(C)c([C@H](OC(C)(C)C)C(=O)O)c(-c7ccc(Cl)cc7)c6s5)cc34)CC2)C1. The number of likely N-dealkylation sites (tertiary alicyclic amines) is 2. The number of carboxylic acid groups (broad SMARTS) is 1. The molecule has 0 spiro atoms. The molecule has 7 rings (SSSR count). The van der Waals surface area contributed by atoms with E-state index in [0.717, 1.165) is 99.5 Å². The summed E-state index contributed by atoms with van der Waals surface area (Å²) in [4.78, 5) is 34.3. The highest BCUT2D eigenvalue weighted by Gasteiger charge is 2.34. The molecule has 0 aliphatic carbocycles. The molecular weight excluding hydrogens is 670 g/mol. The van der Waals surface area contributed by atoms with Gasteiger partial charge in [0.05, 0.1) is 27.0 Å². The van der Waals surface area contributed by atoms with E-state index in [0.29, 0.717) is 22.5 Å². The number of ether oxygens (including phenoxy) is 1. The third-order valence-electron chi connectivity index (χ3n) is 10.2. The number of aryl methyl sites for hydroxylation is 2. The molecule has 1 N–H and O–H groups in total. The first kappa shape index (κ1) is 34.6. The molecule has 0 unspecified atom stereocenters. The van der Waals surface area contributed by atoms with Gasteiger partial charge in [0.15, 0.2) is 6.10 Å². The fourth-order valence-corrected chi connectivity index (χ4v) is 9.00. The summed E-state index contributed by atoms with van der Waals surface area (Å²) in [5, 5.41) is 18.1. The van der Waals surface area contributed by atoms with Crippen LogP contribution in [0.2, 0.25) is 5.02 Å². The number of piperidine rings is 1. The quantitative estimate of drug-likeness (QED) is 0.181. The van der Waals surface area contributed by atoms with Crippen molar-refractivity contribution in [3.8, 4) is 21.7 Å². The number of carboxylic acids is 1. The van der Waals surface area contributed by atoms with E-state index in [-0.39, 0.29) is 5.91 Å². The van der Waals surface area contributed by atoms with Crippen molar-refractivity contribution in [1.29, 1.82) is 0 Å². The number of hydrogen-bond acceptors (Lipinski definition) is 7. The zero-order valence-electron chi connectivity index (χ0n) is 29.5. The summed E-state index contributed by atoms with van der Waals surface area (Å²) < 4.78 is 9.08. The summed E-state index contributed by atoms with van der Waals surface area (Å²) in [7, 11) is 2.01. The molecule has 2 fully saturated rings. The third-order valence-corrected chi connectivity index (χ3v) is 11.6. The Morgan fingerprint density at radius 3 is 2.36 bits per heavy atom. The topological polar surface area (TPSA) is 101 Å². The molecule has 2 saturated heterocycles. The molecule has 2 aliphatic heterocycles. The maximum atomic E-state index is 12.8. The fraction of sp³-hybridized carbons (Fsp3) is 0.436. The Balaban J connectivity index is 1.26. The number of fused-ring (bicyclic) bond motifs is 2. The van der Waals surface area contributed by atoms with E-state index in [2.05, 4.69) is 23.1 Å². The molecule has 5 aromatic rings. The smallest absolute Gasteiger partial charge is 0.337 e.